The maximum absolute atomic E-state index is 12.7. The third-order valence-corrected chi connectivity index (χ3v) is 4.20. The summed E-state index contributed by atoms with van der Waals surface area (Å²) in [6.45, 7) is 0. The van der Waals surface area contributed by atoms with Crippen molar-refractivity contribution in [2.75, 3.05) is 11.6 Å². The summed E-state index contributed by atoms with van der Waals surface area (Å²) in [5, 5.41) is 11.0. The summed E-state index contributed by atoms with van der Waals surface area (Å²) in [6.07, 6.45) is 2.81. The van der Waals surface area contributed by atoms with Crippen molar-refractivity contribution in [2.24, 2.45) is 0 Å². The van der Waals surface area contributed by atoms with Crippen LogP contribution in [-0.4, -0.2) is 22.4 Å². The summed E-state index contributed by atoms with van der Waals surface area (Å²) in [4.78, 5) is 11.7. The molecule has 1 aromatic heterocycles. The summed E-state index contributed by atoms with van der Waals surface area (Å²) in [5.74, 6) is -0.389. The van der Waals surface area contributed by atoms with Crippen molar-refractivity contribution >= 4 is 34.1 Å². The van der Waals surface area contributed by atoms with Crippen molar-refractivity contribution in [3.8, 4) is 0 Å². The number of aromatic nitrogens is 2. The van der Waals surface area contributed by atoms with Crippen LogP contribution in [0, 0.1) is 5.82 Å². The van der Waals surface area contributed by atoms with Crippen LogP contribution in [0.25, 0.3) is 0 Å². The third kappa shape index (κ3) is 4.29. The van der Waals surface area contributed by atoms with E-state index in [9.17, 15) is 9.18 Å². The predicted molar refractivity (Wildman–Crippen MR) is 75.0 cm³/mol. The molecular weight excluding hydrogens is 285 g/mol. The van der Waals surface area contributed by atoms with Gasteiger partial charge >= 0.3 is 0 Å². The Bertz CT molecular complexity index is 556. The van der Waals surface area contributed by atoms with Crippen molar-refractivity contribution < 1.29 is 9.18 Å². The molecule has 1 N–H and O–H groups in total. The molecule has 0 spiro atoms. The van der Waals surface area contributed by atoms with E-state index in [4.69, 9.17) is 0 Å². The first-order valence-corrected chi connectivity index (χ1v) is 7.63. The topological polar surface area (TPSA) is 54.9 Å². The Balaban J connectivity index is 1.82. The zero-order valence-electron chi connectivity index (χ0n) is 10.2. The molecule has 0 bridgehead atoms. The van der Waals surface area contributed by atoms with Crippen molar-refractivity contribution in [3.63, 3.8) is 0 Å². The molecule has 1 aromatic carbocycles. The molecule has 0 radical (unpaired) electrons. The lowest BCUT2D eigenvalue weighted by Gasteiger charge is -2.01. The summed E-state index contributed by atoms with van der Waals surface area (Å²) in [6, 6.07) is 6.14. The number of hydrogen-bond donors (Lipinski definition) is 1. The molecule has 0 fully saturated rings. The molecule has 2 aromatic rings. The van der Waals surface area contributed by atoms with E-state index in [1.807, 2.05) is 6.26 Å². The first kappa shape index (κ1) is 14.0. The molecule has 7 heteroatoms. The number of nitrogens with zero attached hydrogens (tertiary/aromatic N) is 2. The van der Waals surface area contributed by atoms with E-state index in [1.54, 1.807) is 12.1 Å². The van der Waals surface area contributed by atoms with E-state index in [-0.39, 0.29) is 11.7 Å². The largest absolute Gasteiger partial charge is 0.300 e. The number of nitrogens with one attached hydrogen (secondary N) is 1. The fourth-order valence-electron chi connectivity index (χ4n) is 1.43. The van der Waals surface area contributed by atoms with Gasteiger partial charge in [-0.15, -0.1) is 10.2 Å². The maximum Gasteiger partial charge on any atom is 0.226 e. The lowest BCUT2D eigenvalue weighted by Crippen LogP contribution is -2.12. The number of benzene rings is 1. The Kier molecular flexibility index (Phi) is 4.86. The van der Waals surface area contributed by atoms with E-state index in [1.165, 1.54) is 35.2 Å². The lowest BCUT2D eigenvalue weighted by atomic mass is 10.1. The molecule has 0 saturated carbocycles. The second-order valence-electron chi connectivity index (χ2n) is 3.75. The van der Waals surface area contributed by atoms with Crippen LogP contribution < -0.4 is 5.32 Å². The van der Waals surface area contributed by atoms with Crippen molar-refractivity contribution in [2.45, 2.75) is 17.2 Å². The van der Waals surface area contributed by atoms with Crippen LogP contribution in [0.3, 0.4) is 0 Å². The number of hydrogen-bond acceptors (Lipinski definition) is 5. The van der Waals surface area contributed by atoms with Crippen molar-refractivity contribution in [1.29, 1.82) is 0 Å². The second-order valence-corrected chi connectivity index (χ2v) is 5.78. The molecule has 1 heterocycles. The van der Waals surface area contributed by atoms with Crippen LogP contribution in [0.4, 0.5) is 9.52 Å². The number of thioether (sulfide) groups is 1. The molecule has 0 atom stereocenters. The third-order valence-electron chi connectivity index (χ3n) is 2.38. The predicted octanol–water partition coefficient (Wildman–Crippen LogP) is 2.97. The Labute approximate surface area is 118 Å². The fraction of sp³-hybridized carbons (Fsp3) is 0.250. The summed E-state index contributed by atoms with van der Waals surface area (Å²) in [5.41, 5.74) is 0.929. The van der Waals surface area contributed by atoms with Gasteiger partial charge in [0.15, 0.2) is 4.34 Å². The van der Waals surface area contributed by atoms with Gasteiger partial charge in [-0.1, -0.05) is 35.2 Å². The SMILES string of the molecule is CSc1nnc(NC(=O)CCc2ccc(F)cc2)s1. The number of carbonyl (C=O) groups excluding carboxylic acids is 1. The van der Waals surface area contributed by atoms with E-state index < -0.39 is 0 Å². The monoisotopic (exact) mass is 297 g/mol. The van der Waals surface area contributed by atoms with Crippen LogP contribution in [0.2, 0.25) is 0 Å². The smallest absolute Gasteiger partial charge is 0.226 e. The molecule has 0 aliphatic rings. The fourth-order valence-corrected chi connectivity index (χ4v) is 2.62. The number of halogens is 1. The molecule has 0 unspecified atom stereocenters. The Morgan fingerprint density at radius 2 is 2.11 bits per heavy atom. The van der Waals surface area contributed by atoms with Gasteiger partial charge in [-0.25, -0.2) is 4.39 Å². The minimum atomic E-state index is -0.272. The van der Waals surface area contributed by atoms with Gasteiger partial charge in [-0.2, -0.15) is 0 Å². The standard InChI is InChI=1S/C12H12FN3OS2/c1-18-12-16-15-11(19-12)14-10(17)7-4-8-2-5-9(13)6-3-8/h2-3,5-6H,4,7H2,1H3,(H,14,15,17). The quantitative estimate of drug-likeness (QED) is 0.681. The van der Waals surface area contributed by atoms with Gasteiger partial charge in [0, 0.05) is 6.42 Å². The summed E-state index contributed by atoms with van der Waals surface area (Å²) < 4.78 is 13.5. The highest BCUT2D eigenvalue weighted by molar-refractivity contribution is 8.00. The average molecular weight is 297 g/mol. The first-order chi connectivity index (χ1) is 9.17. The van der Waals surface area contributed by atoms with E-state index in [2.05, 4.69) is 15.5 Å². The summed E-state index contributed by atoms with van der Waals surface area (Å²) in [7, 11) is 0. The highest BCUT2D eigenvalue weighted by atomic mass is 32.2. The van der Waals surface area contributed by atoms with Gasteiger partial charge in [0.1, 0.15) is 5.82 Å². The molecule has 0 saturated heterocycles. The molecular formula is C12H12FN3OS2. The molecule has 2 rings (SSSR count). The van der Waals surface area contributed by atoms with Crippen LogP contribution in [-0.2, 0) is 11.2 Å². The number of aryl methyl sites for hydroxylation is 1. The van der Waals surface area contributed by atoms with Crippen LogP contribution in [0.15, 0.2) is 28.6 Å². The zero-order chi connectivity index (χ0) is 13.7. The molecule has 4 nitrogen and oxygen atoms in total. The molecule has 19 heavy (non-hydrogen) atoms. The van der Waals surface area contributed by atoms with Crippen LogP contribution in [0.1, 0.15) is 12.0 Å². The number of amides is 1. The van der Waals surface area contributed by atoms with Gasteiger partial charge < -0.3 is 5.32 Å². The number of anilines is 1. The van der Waals surface area contributed by atoms with Crippen molar-refractivity contribution in [1.82, 2.24) is 10.2 Å². The maximum atomic E-state index is 12.7. The zero-order valence-corrected chi connectivity index (χ0v) is 11.9. The molecule has 100 valence electrons. The van der Waals surface area contributed by atoms with Gasteiger partial charge in [0.05, 0.1) is 0 Å². The minimum absolute atomic E-state index is 0.117. The average Bonchev–Trinajstić information content (AvgIpc) is 2.86. The van der Waals surface area contributed by atoms with E-state index >= 15 is 0 Å². The van der Waals surface area contributed by atoms with Gasteiger partial charge in [-0.05, 0) is 30.4 Å². The lowest BCUT2D eigenvalue weighted by molar-refractivity contribution is -0.116. The Morgan fingerprint density at radius 1 is 1.37 bits per heavy atom. The number of rotatable bonds is 5. The van der Waals surface area contributed by atoms with E-state index in [0.29, 0.717) is 18.0 Å². The number of carbonyl (C=O) groups is 1. The van der Waals surface area contributed by atoms with E-state index in [0.717, 1.165) is 9.90 Å². The second kappa shape index (κ2) is 6.63. The van der Waals surface area contributed by atoms with Gasteiger partial charge in [0.25, 0.3) is 0 Å². The van der Waals surface area contributed by atoms with Gasteiger partial charge in [0.2, 0.25) is 11.0 Å². The Hall–Kier alpha value is -1.47. The molecule has 0 aliphatic heterocycles. The normalized spacial score (nSPS) is 10.4. The highest BCUT2D eigenvalue weighted by Crippen LogP contribution is 2.23. The first-order valence-electron chi connectivity index (χ1n) is 5.59. The van der Waals surface area contributed by atoms with Crippen molar-refractivity contribution in [3.05, 3.63) is 35.6 Å². The van der Waals surface area contributed by atoms with Crippen LogP contribution >= 0.6 is 23.1 Å². The highest BCUT2D eigenvalue weighted by Gasteiger charge is 2.07. The minimum Gasteiger partial charge on any atom is -0.300 e. The van der Waals surface area contributed by atoms with Gasteiger partial charge in [-0.3, -0.25) is 4.79 Å². The molecule has 1 amide bonds. The molecule has 0 aliphatic carbocycles. The summed E-state index contributed by atoms with van der Waals surface area (Å²) >= 11 is 2.83. The van der Waals surface area contributed by atoms with Crippen LogP contribution in [0.5, 0.6) is 0 Å². The Morgan fingerprint density at radius 3 is 2.74 bits per heavy atom.